The molecule has 0 aliphatic rings. The number of pyridine rings is 1. The SMILES string of the molecule is CCOC(=O)C(C)CC(=O)N/C(=N/O)c1ccc(O)cn1. The van der Waals surface area contributed by atoms with Gasteiger partial charge >= 0.3 is 5.97 Å². The monoisotopic (exact) mass is 295 g/mol. The normalized spacial score (nSPS) is 12.6. The first kappa shape index (κ1) is 16.4. The highest BCUT2D eigenvalue weighted by Crippen LogP contribution is 2.08. The van der Waals surface area contributed by atoms with E-state index >= 15 is 0 Å². The van der Waals surface area contributed by atoms with Crippen molar-refractivity contribution in [3.8, 4) is 5.75 Å². The summed E-state index contributed by atoms with van der Waals surface area (Å²) in [6.45, 7) is 3.48. The Morgan fingerprint density at radius 1 is 1.48 bits per heavy atom. The zero-order valence-corrected chi connectivity index (χ0v) is 11.7. The third-order valence-electron chi connectivity index (χ3n) is 2.53. The number of hydrogen-bond donors (Lipinski definition) is 3. The summed E-state index contributed by atoms with van der Waals surface area (Å²) in [6, 6.07) is 2.71. The maximum absolute atomic E-state index is 11.8. The van der Waals surface area contributed by atoms with E-state index in [0.29, 0.717) is 0 Å². The van der Waals surface area contributed by atoms with E-state index in [9.17, 15) is 9.59 Å². The Bertz CT molecular complexity index is 527. The van der Waals surface area contributed by atoms with Gasteiger partial charge in [0.1, 0.15) is 11.4 Å². The Morgan fingerprint density at radius 2 is 2.19 bits per heavy atom. The zero-order chi connectivity index (χ0) is 15.8. The number of carbonyl (C=O) groups excluding carboxylic acids is 2. The van der Waals surface area contributed by atoms with E-state index in [1.54, 1.807) is 13.8 Å². The van der Waals surface area contributed by atoms with Gasteiger partial charge in [0.25, 0.3) is 0 Å². The van der Waals surface area contributed by atoms with Crippen molar-refractivity contribution >= 4 is 17.7 Å². The first-order valence-electron chi connectivity index (χ1n) is 6.31. The second kappa shape index (κ2) is 7.83. The molecule has 1 rings (SSSR count). The number of aromatic hydroxyl groups is 1. The van der Waals surface area contributed by atoms with Gasteiger partial charge in [0.15, 0.2) is 5.84 Å². The molecule has 1 unspecified atom stereocenters. The fourth-order valence-electron chi connectivity index (χ4n) is 1.50. The molecule has 114 valence electrons. The summed E-state index contributed by atoms with van der Waals surface area (Å²) in [5.41, 5.74) is 0.174. The van der Waals surface area contributed by atoms with Gasteiger partial charge in [-0.3, -0.25) is 9.59 Å². The molecule has 0 saturated heterocycles. The number of amidine groups is 1. The van der Waals surface area contributed by atoms with E-state index in [1.807, 2.05) is 0 Å². The quantitative estimate of drug-likeness (QED) is 0.241. The average molecular weight is 295 g/mol. The van der Waals surface area contributed by atoms with E-state index in [4.69, 9.17) is 15.1 Å². The van der Waals surface area contributed by atoms with Crippen LogP contribution in [-0.2, 0) is 14.3 Å². The Morgan fingerprint density at radius 3 is 2.71 bits per heavy atom. The first-order chi connectivity index (χ1) is 9.97. The number of esters is 1. The van der Waals surface area contributed by atoms with E-state index in [1.165, 1.54) is 12.1 Å². The number of nitrogens with one attached hydrogen (secondary N) is 1. The first-order valence-corrected chi connectivity index (χ1v) is 6.31. The van der Waals surface area contributed by atoms with Crippen molar-refractivity contribution in [1.82, 2.24) is 10.3 Å². The van der Waals surface area contributed by atoms with Gasteiger partial charge < -0.3 is 20.4 Å². The zero-order valence-electron chi connectivity index (χ0n) is 11.7. The molecule has 0 radical (unpaired) electrons. The topological polar surface area (TPSA) is 121 Å². The summed E-state index contributed by atoms with van der Waals surface area (Å²) in [4.78, 5) is 27.0. The largest absolute Gasteiger partial charge is 0.506 e. The van der Waals surface area contributed by atoms with Crippen molar-refractivity contribution in [2.75, 3.05) is 6.61 Å². The van der Waals surface area contributed by atoms with E-state index in [-0.39, 0.29) is 30.3 Å². The number of hydrogen-bond acceptors (Lipinski definition) is 7. The molecule has 1 heterocycles. The molecule has 0 aromatic carbocycles. The highest BCUT2D eigenvalue weighted by Gasteiger charge is 2.19. The molecule has 0 fully saturated rings. The molecule has 1 atom stereocenters. The lowest BCUT2D eigenvalue weighted by molar-refractivity contribution is -0.149. The van der Waals surface area contributed by atoms with Crippen molar-refractivity contribution in [2.45, 2.75) is 20.3 Å². The lowest BCUT2D eigenvalue weighted by atomic mass is 10.1. The van der Waals surface area contributed by atoms with Crippen LogP contribution >= 0.6 is 0 Å². The van der Waals surface area contributed by atoms with Crippen molar-refractivity contribution in [2.24, 2.45) is 11.1 Å². The standard InChI is InChI=1S/C13H17N3O5/c1-3-21-13(19)8(2)6-11(18)15-12(16-20)10-5-4-9(17)7-14-10/h4-5,7-8,17,20H,3,6H2,1-2H3,(H,15,16,18). The fraction of sp³-hybridized carbons (Fsp3) is 0.385. The molecule has 8 heteroatoms. The molecule has 3 N–H and O–H groups in total. The van der Waals surface area contributed by atoms with Crippen LogP contribution in [0.3, 0.4) is 0 Å². The highest BCUT2D eigenvalue weighted by molar-refractivity contribution is 6.07. The van der Waals surface area contributed by atoms with Crippen molar-refractivity contribution in [3.63, 3.8) is 0 Å². The smallest absolute Gasteiger partial charge is 0.309 e. The summed E-state index contributed by atoms with van der Waals surface area (Å²) < 4.78 is 4.79. The van der Waals surface area contributed by atoms with Crippen LogP contribution in [0.4, 0.5) is 0 Å². The minimum absolute atomic E-state index is 0.0571. The third kappa shape index (κ3) is 5.09. The second-order valence-corrected chi connectivity index (χ2v) is 4.26. The maximum Gasteiger partial charge on any atom is 0.309 e. The van der Waals surface area contributed by atoms with Crippen LogP contribution in [0.1, 0.15) is 26.0 Å². The summed E-state index contributed by atoms with van der Waals surface area (Å²) in [6.07, 6.45) is 1.03. The summed E-state index contributed by atoms with van der Waals surface area (Å²) in [5, 5.41) is 23.3. The second-order valence-electron chi connectivity index (χ2n) is 4.26. The highest BCUT2D eigenvalue weighted by atomic mass is 16.5. The molecule has 0 bridgehead atoms. The molecule has 0 saturated carbocycles. The lowest BCUT2D eigenvalue weighted by Crippen LogP contribution is -2.34. The minimum atomic E-state index is -0.613. The van der Waals surface area contributed by atoms with E-state index in [0.717, 1.165) is 6.20 Å². The molecule has 1 aromatic heterocycles. The van der Waals surface area contributed by atoms with Gasteiger partial charge in [-0.2, -0.15) is 0 Å². The van der Waals surface area contributed by atoms with Crippen molar-refractivity contribution in [1.29, 1.82) is 0 Å². The molecule has 1 amide bonds. The third-order valence-corrected chi connectivity index (χ3v) is 2.53. The molecule has 0 aliphatic carbocycles. The number of nitrogens with zero attached hydrogens (tertiary/aromatic N) is 2. The van der Waals surface area contributed by atoms with Crippen LogP contribution < -0.4 is 5.32 Å². The van der Waals surface area contributed by atoms with Gasteiger partial charge in [0.2, 0.25) is 5.91 Å². The van der Waals surface area contributed by atoms with Crippen LogP contribution in [0.15, 0.2) is 23.5 Å². The number of rotatable bonds is 5. The Balaban J connectivity index is 2.64. The molecular formula is C13H17N3O5. The van der Waals surface area contributed by atoms with Crippen LogP contribution in [0.25, 0.3) is 0 Å². The number of ether oxygens (including phenoxy) is 1. The van der Waals surface area contributed by atoms with Crippen LogP contribution in [0.2, 0.25) is 0 Å². The summed E-state index contributed by atoms with van der Waals surface area (Å²) >= 11 is 0. The predicted octanol–water partition coefficient (Wildman–Crippen LogP) is 0.629. The average Bonchev–Trinajstić information content (AvgIpc) is 2.46. The molecule has 1 aromatic rings. The van der Waals surface area contributed by atoms with Gasteiger partial charge in [0, 0.05) is 6.42 Å². The minimum Gasteiger partial charge on any atom is -0.506 e. The maximum atomic E-state index is 11.8. The van der Waals surface area contributed by atoms with E-state index in [2.05, 4.69) is 15.5 Å². The summed E-state index contributed by atoms with van der Waals surface area (Å²) in [7, 11) is 0. The summed E-state index contributed by atoms with van der Waals surface area (Å²) in [5.74, 6) is -1.83. The van der Waals surface area contributed by atoms with Crippen LogP contribution in [0.5, 0.6) is 5.75 Å². The van der Waals surface area contributed by atoms with E-state index < -0.39 is 17.8 Å². The van der Waals surface area contributed by atoms with Gasteiger partial charge in [-0.15, -0.1) is 0 Å². The molecular weight excluding hydrogens is 278 g/mol. The van der Waals surface area contributed by atoms with Crippen molar-refractivity contribution < 1.29 is 24.6 Å². The molecule has 21 heavy (non-hydrogen) atoms. The molecule has 8 nitrogen and oxygen atoms in total. The van der Waals surface area contributed by atoms with Gasteiger partial charge in [-0.25, -0.2) is 4.98 Å². The fourth-order valence-corrected chi connectivity index (χ4v) is 1.50. The number of amides is 1. The lowest BCUT2D eigenvalue weighted by Gasteiger charge is -2.11. The van der Waals surface area contributed by atoms with Crippen molar-refractivity contribution in [3.05, 3.63) is 24.0 Å². The van der Waals surface area contributed by atoms with Crippen LogP contribution in [-0.4, -0.2) is 39.6 Å². The number of aromatic nitrogens is 1. The van der Waals surface area contributed by atoms with Gasteiger partial charge in [-0.1, -0.05) is 12.1 Å². The Kier molecular flexibility index (Phi) is 6.12. The van der Waals surface area contributed by atoms with Gasteiger partial charge in [-0.05, 0) is 19.1 Å². The Labute approximate surface area is 121 Å². The van der Waals surface area contributed by atoms with Gasteiger partial charge in [0.05, 0.1) is 18.7 Å². The predicted molar refractivity (Wildman–Crippen MR) is 72.8 cm³/mol. The number of carbonyl (C=O) groups is 2. The van der Waals surface area contributed by atoms with Crippen LogP contribution in [0, 0.1) is 5.92 Å². The molecule has 0 spiro atoms. The Hall–Kier alpha value is -2.64. The molecule has 0 aliphatic heterocycles. The number of oxime groups is 1.